The molecule has 3 rings (SSSR count). The highest BCUT2D eigenvalue weighted by Crippen LogP contribution is 2.33. The zero-order valence-electron chi connectivity index (χ0n) is 17.6. The van der Waals surface area contributed by atoms with Crippen molar-refractivity contribution < 1.29 is 14.3 Å². The van der Waals surface area contributed by atoms with Crippen molar-refractivity contribution >= 4 is 69.2 Å². The molecule has 1 unspecified atom stereocenters. The molecular formula is C20H23Cl3N6O3. The van der Waals surface area contributed by atoms with Gasteiger partial charge in [-0.3, -0.25) is 4.79 Å². The van der Waals surface area contributed by atoms with Crippen molar-refractivity contribution in [2.24, 2.45) is 0 Å². The van der Waals surface area contributed by atoms with E-state index in [4.69, 9.17) is 44.3 Å². The van der Waals surface area contributed by atoms with Gasteiger partial charge in [-0.2, -0.15) is 9.97 Å². The van der Waals surface area contributed by atoms with Gasteiger partial charge in [-0.05, 0) is 12.5 Å². The van der Waals surface area contributed by atoms with E-state index >= 15 is 0 Å². The number of halogens is 3. The number of rotatable bonds is 9. The fraction of sp³-hybridized carbons (Fsp3) is 0.350. The minimum atomic E-state index is -1.84. The average molecular weight is 502 g/mol. The number of nitrogens with zero attached hydrogens (tertiary/aromatic N) is 2. The number of hydrogen-bond acceptors (Lipinski definition) is 7. The molecule has 9 nitrogen and oxygen atoms in total. The first-order valence-corrected chi connectivity index (χ1v) is 10.8. The van der Waals surface area contributed by atoms with Crippen LogP contribution in [0, 0.1) is 0 Å². The predicted molar refractivity (Wildman–Crippen MR) is 127 cm³/mol. The lowest BCUT2D eigenvalue weighted by Crippen LogP contribution is -2.49. The number of aromatic amines is 1. The van der Waals surface area contributed by atoms with Crippen LogP contribution in [0.5, 0.6) is 11.5 Å². The number of alkyl halides is 3. The maximum Gasteiger partial charge on any atom is 0.228 e. The minimum Gasteiger partial charge on any atom is -0.497 e. The van der Waals surface area contributed by atoms with Gasteiger partial charge >= 0.3 is 0 Å². The van der Waals surface area contributed by atoms with E-state index in [1.807, 2.05) is 13.0 Å². The number of carbonyl (C=O) groups excluding carboxylic acids is 1. The maximum absolute atomic E-state index is 12.1. The first-order chi connectivity index (χ1) is 15.2. The van der Waals surface area contributed by atoms with Crippen molar-refractivity contribution in [1.82, 2.24) is 20.3 Å². The molecule has 1 amide bonds. The lowest BCUT2D eigenvalue weighted by Gasteiger charge is -2.26. The van der Waals surface area contributed by atoms with E-state index in [0.717, 1.165) is 5.39 Å². The first kappa shape index (κ1) is 24.0. The lowest BCUT2D eigenvalue weighted by molar-refractivity contribution is -0.121. The standard InChI is InChI=1S/C20H23Cl3N6O3/c1-4-5-15(30)26-18(20(21,22)23)29-19-27-16-14(6-7-24-16)17(28-19)25-11-8-12(31-2)10-13(9-11)32-3/h6-10,18H,4-5H2,1-3H3,(H,26,30)(H3,24,25,27,28,29). The molecule has 0 aliphatic carbocycles. The Morgan fingerprint density at radius 1 is 1.16 bits per heavy atom. The van der Waals surface area contributed by atoms with E-state index in [9.17, 15) is 4.79 Å². The van der Waals surface area contributed by atoms with Crippen LogP contribution < -0.4 is 25.4 Å². The Balaban J connectivity index is 1.94. The summed E-state index contributed by atoms with van der Waals surface area (Å²) >= 11 is 18.2. The van der Waals surface area contributed by atoms with Gasteiger partial charge in [0.2, 0.25) is 15.6 Å². The molecule has 4 N–H and O–H groups in total. The summed E-state index contributed by atoms with van der Waals surface area (Å²) in [5.74, 6) is 1.58. The summed E-state index contributed by atoms with van der Waals surface area (Å²) in [5.41, 5.74) is 1.23. The molecule has 0 spiro atoms. The summed E-state index contributed by atoms with van der Waals surface area (Å²) in [6.45, 7) is 1.88. The highest BCUT2D eigenvalue weighted by Gasteiger charge is 2.34. The van der Waals surface area contributed by atoms with Crippen LogP contribution in [0.2, 0.25) is 0 Å². The van der Waals surface area contributed by atoms with Gasteiger partial charge < -0.3 is 30.4 Å². The van der Waals surface area contributed by atoms with Gasteiger partial charge in [0.15, 0.2) is 0 Å². The number of hydrogen-bond donors (Lipinski definition) is 4. The summed E-state index contributed by atoms with van der Waals surface area (Å²) in [6.07, 6.45) is 1.63. The SMILES string of the molecule is CCCC(=O)NC(Nc1nc(Nc2cc(OC)cc(OC)c2)c2cc[nH]c2n1)C(Cl)(Cl)Cl. The molecule has 0 saturated carbocycles. The molecule has 3 aromatic rings. The van der Waals surface area contributed by atoms with Crippen LogP contribution in [0.25, 0.3) is 11.0 Å². The molecule has 0 fully saturated rings. The van der Waals surface area contributed by atoms with Crippen LogP contribution >= 0.6 is 34.8 Å². The predicted octanol–water partition coefficient (Wildman–Crippen LogP) is 4.74. The Kier molecular flexibility index (Phi) is 7.76. The molecule has 2 aromatic heterocycles. The molecule has 1 aromatic carbocycles. The third kappa shape index (κ3) is 5.99. The van der Waals surface area contributed by atoms with Gasteiger partial charge in [-0.25, -0.2) is 0 Å². The summed E-state index contributed by atoms with van der Waals surface area (Å²) in [7, 11) is 3.14. The van der Waals surface area contributed by atoms with Crippen LogP contribution in [0.4, 0.5) is 17.5 Å². The number of anilines is 3. The molecule has 172 valence electrons. The van der Waals surface area contributed by atoms with Crippen molar-refractivity contribution in [2.45, 2.75) is 29.7 Å². The number of methoxy groups -OCH3 is 2. The fourth-order valence-corrected chi connectivity index (χ4v) is 3.23. The fourth-order valence-electron chi connectivity index (χ4n) is 2.91. The normalized spacial score (nSPS) is 12.3. The summed E-state index contributed by atoms with van der Waals surface area (Å²) in [5, 5.41) is 9.53. The van der Waals surface area contributed by atoms with Gasteiger partial charge in [0, 0.05) is 36.5 Å². The van der Waals surface area contributed by atoms with Crippen molar-refractivity contribution in [1.29, 1.82) is 0 Å². The number of H-pyrrole nitrogens is 1. The quantitative estimate of drug-likeness (QED) is 0.247. The number of ether oxygens (including phenoxy) is 2. The van der Waals surface area contributed by atoms with Gasteiger partial charge in [0.05, 0.1) is 19.6 Å². The third-order valence-corrected chi connectivity index (χ3v) is 5.07. The van der Waals surface area contributed by atoms with E-state index in [2.05, 4.69) is 30.9 Å². The van der Waals surface area contributed by atoms with Gasteiger partial charge in [-0.15, -0.1) is 0 Å². The Bertz CT molecular complexity index is 1060. The highest BCUT2D eigenvalue weighted by molar-refractivity contribution is 6.68. The molecule has 0 radical (unpaired) electrons. The number of fused-ring (bicyclic) bond motifs is 1. The molecular weight excluding hydrogens is 479 g/mol. The molecule has 32 heavy (non-hydrogen) atoms. The van der Waals surface area contributed by atoms with Gasteiger partial charge in [-0.1, -0.05) is 41.7 Å². The second kappa shape index (κ2) is 10.3. The average Bonchev–Trinajstić information content (AvgIpc) is 3.21. The van der Waals surface area contributed by atoms with Crippen LogP contribution in [-0.2, 0) is 4.79 Å². The maximum atomic E-state index is 12.1. The van der Waals surface area contributed by atoms with Gasteiger partial charge in [0.1, 0.15) is 29.1 Å². The van der Waals surface area contributed by atoms with Crippen LogP contribution in [0.15, 0.2) is 30.5 Å². The summed E-state index contributed by atoms with van der Waals surface area (Å²) in [6, 6.07) is 7.18. The van der Waals surface area contributed by atoms with E-state index in [0.29, 0.717) is 41.5 Å². The molecule has 2 heterocycles. The smallest absolute Gasteiger partial charge is 0.228 e. The Morgan fingerprint density at radius 3 is 2.44 bits per heavy atom. The van der Waals surface area contributed by atoms with Crippen LogP contribution in [0.1, 0.15) is 19.8 Å². The zero-order valence-corrected chi connectivity index (χ0v) is 19.9. The van der Waals surface area contributed by atoms with Crippen molar-refractivity contribution in [3.63, 3.8) is 0 Å². The zero-order chi connectivity index (χ0) is 23.3. The summed E-state index contributed by atoms with van der Waals surface area (Å²) in [4.78, 5) is 24.1. The van der Waals surface area contributed by atoms with Crippen molar-refractivity contribution in [3.8, 4) is 11.5 Å². The monoisotopic (exact) mass is 500 g/mol. The van der Waals surface area contributed by atoms with Crippen molar-refractivity contribution in [3.05, 3.63) is 30.5 Å². The van der Waals surface area contributed by atoms with E-state index in [1.165, 1.54) is 0 Å². The number of aromatic nitrogens is 3. The van der Waals surface area contributed by atoms with Crippen LogP contribution in [-0.4, -0.2) is 45.0 Å². The highest BCUT2D eigenvalue weighted by atomic mass is 35.6. The minimum absolute atomic E-state index is 0.144. The topological polar surface area (TPSA) is 113 Å². The Morgan fingerprint density at radius 2 is 1.84 bits per heavy atom. The van der Waals surface area contributed by atoms with E-state index in [-0.39, 0.29) is 11.9 Å². The molecule has 0 aliphatic rings. The van der Waals surface area contributed by atoms with E-state index in [1.54, 1.807) is 38.6 Å². The number of carbonyl (C=O) groups is 1. The largest absolute Gasteiger partial charge is 0.497 e. The molecule has 1 atom stereocenters. The number of benzene rings is 1. The van der Waals surface area contributed by atoms with Crippen molar-refractivity contribution in [2.75, 3.05) is 24.9 Å². The number of amides is 1. The molecule has 0 bridgehead atoms. The molecule has 0 aliphatic heterocycles. The van der Waals surface area contributed by atoms with E-state index < -0.39 is 9.96 Å². The second-order valence-corrected chi connectivity index (χ2v) is 9.17. The third-order valence-electron chi connectivity index (χ3n) is 4.41. The van der Waals surface area contributed by atoms with Gasteiger partial charge in [0.25, 0.3) is 0 Å². The number of nitrogens with one attached hydrogen (secondary N) is 4. The molecule has 12 heteroatoms. The first-order valence-electron chi connectivity index (χ1n) is 9.71. The Hall–Kier alpha value is -2.62. The molecule has 0 saturated heterocycles. The second-order valence-electron chi connectivity index (χ2n) is 6.80. The Labute approximate surface area is 200 Å². The van der Waals surface area contributed by atoms with Crippen LogP contribution in [0.3, 0.4) is 0 Å². The summed E-state index contributed by atoms with van der Waals surface area (Å²) < 4.78 is 8.80. The lowest BCUT2D eigenvalue weighted by atomic mass is 10.2.